The van der Waals surface area contributed by atoms with Crippen molar-refractivity contribution in [2.45, 2.75) is 22.6 Å². The highest BCUT2D eigenvalue weighted by Crippen LogP contribution is 2.23. The van der Waals surface area contributed by atoms with E-state index in [9.17, 15) is 9.59 Å². The Kier molecular flexibility index (Phi) is 7.72. The lowest BCUT2D eigenvalue weighted by molar-refractivity contribution is -0.114. The number of carbonyl (C=O) groups excluding carboxylic acids is 2. The van der Waals surface area contributed by atoms with Crippen LogP contribution in [0.4, 0.5) is 11.4 Å². The average Bonchev–Trinajstić information content (AvgIpc) is 2.72. The molecule has 0 fully saturated rings. The first kappa shape index (κ1) is 21.0. The van der Waals surface area contributed by atoms with E-state index < -0.39 is 0 Å². The summed E-state index contributed by atoms with van der Waals surface area (Å²) in [5.74, 6) is 0.934. The van der Waals surface area contributed by atoms with Crippen molar-refractivity contribution >= 4 is 46.7 Å². The van der Waals surface area contributed by atoms with Crippen molar-refractivity contribution in [3.63, 3.8) is 0 Å². The molecule has 0 saturated carbocycles. The third kappa shape index (κ3) is 7.29. The van der Waals surface area contributed by atoms with Crippen molar-refractivity contribution in [2.75, 3.05) is 16.4 Å². The van der Waals surface area contributed by atoms with E-state index in [1.54, 1.807) is 18.0 Å². The van der Waals surface area contributed by atoms with Crippen molar-refractivity contribution in [2.24, 2.45) is 0 Å². The van der Waals surface area contributed by atoms with Crippen molar-refractivity contribution in [1.29, 1.82) is 0 Å². The van der Waals surface area contributed by atoms with Crippen LogP contribution < -0.4 is 10.6 Å². The Bertz CT molecular complexity index is 963. The van der Waals surface area contributed by atoms with Gasteiger partial charge >= 0.3 is 0 Å². The van der Waals surface area contributed by atoms with Gasteiger partial charge in [0.1, 0.15) is 0 Å². The topological polar surface area (TPSA) is 71.1 Å². The van der Waals surface area contributed by atoms with Gasteiger partial charge in [-0.15, -0.1) is 23.5 Å². The quantitative estimate of drug-likeness (QED) is 0.495. The third-order valence-electron chi connectivity index (χ3n) is 3.78. The lowest BCUT2D eigenvalue weighted by Crippen LogP contribution is -2.14. The second-order valence-corrected chi connectivity index (χ2v) is 8.24. The predicted octanol–water partition coefficient (Wildman–Crippen LogP) is 5.06. The molecule has 0 aliphatic carbocycles. The van der Waals surface area contributed by atoms with E-state index >= 15 is 0 Å². The minimum atomic E-state index is -0.106. The van der Waals surface area contributed by atoms with Gasteiger partial charge in [0.15, 0.2) is 0 Å². The van der Waals surface area contributed by atoms with E-state index in [4.69, 9.17) is 0 Å². The standard InChI is InChI=1S/C22H21N3O2S2/c1-16(26)24-18-8-10-20(11-9-18)28-15-21(27)25-19-6-4-5-17(13-19)14-29-22-7-2-3-12-23-22/h2-13H,14-15H2,1H3,(H,24,26)(H,25,27). The van der Waals surface area contributed by atoms with Crippen LogP contribution in [0.1, 0.15) is 12.5 Å². The number of thioether (sulfide) groups is 2. The predicted molar refractivity (Wildman–Crippen MR) is 120 cm³/mol. The van der Waals surface area contributed by atoms with Crippen LogP contribution in [0.5, 0.6) is 0 Å². The fourth-order valence-corrected chi connectivity index (χ4v) is 4.02. The third-order valence-corrected chi connectivity index (χ3v) is 5.81. The molecule has 3 rings (SSSR count). The summed E-state index contributed by atoms with van der Waals surface area (Å²) in [5, 5.41) is 6.64. The highest BCUT2D eigenvalue weighted by Gasteiger charge is 2.06. The normalized spacial score (nSPS) is 10.4. The molecule has 0 saturated heterocycles. The van der Waals surface area contributed by atoms with Crippen LogP contribution in [0.3, 0.4) is 0 Å². The number of amides is 2. The number of hydrogen-bond acceptors (Lipinski definition) is 5. The maximum atomic E-state index is 12.3. The summed E-state index contributed by atoms with van der Waals surface area (Å²) < 4.78 is 0. The number of pyridine rings is 1. The number of rotatable bonds is 8. The largest absolute Gasteiger partial charge is 0.326 e. The summed E-state index contributed by atoms with van der Waals surface area (Å²) in [6.45, 7) is 1.47. The van der Waals surface area contributed by atoms with E-state index in [0.29, 0.717) is 5.75 Å². The summed E-state index contributed by atoms with van der Waals surface area (Å²) in [7, 11) is 0. The zero-order chi connectivity index (χ0) is 20.5. The van der Waals surface area contributed by atoms with Crippen LogP contribution in [-0.2, 0) is 15.3 Å². The van der Waals surface area contributed by atoms with Crippen LogP contribution in [0, 0.1) is 0 Å². The molecule has 29 heavy (non-hydrogen) atoms. The number of nitrogens with zero attached hydrogens (tertiary/aromatic N) is 1. The number of aromatic nitrogens is 1. The molecule has 0 spiro atoms. The molecule has 1 heterocycles. The summed E-state index contributed by atoms with van der Waals surface area (Å²) in [6, 6.07) is 21.1. The molecule has 2 N–H and O–H groups in total. The molecule has 0 aliphatic heterocycles. The molecule has 0 bridgehead atoms. The van der Waals surface area contributed by atoms with Gasteiger partial charge in [-0.25, -0.2) is 4.98 Å². The molecule has 5 nitrogen and oxygen atoms in total. The fourth-order valence-electron chi connectivity index (χ4n) is 2.51. The molecule has 3 aromatic rings. The first-order chi connectivity index (χ1) is 14.1. The Labute approximate surface area is 178 Å². The van der Waals surface area contributed by atoms with Gasteiger partial charge in [-0.3, -0.25) is 9.59 Å². The van der Waals surface area contributed by atoms with Crippen LogP contribution in [-0.4, -0.2) is 22.6 Å². The maximum Gasteiger partial charge on any atom is 0.234 e. The average molecular weight is 424 g/mol. The first-order valence-electron chi connectivity index (χ1n) is 9.01. The molecule has 0 unspecified atom stereocenters. The second kappa shape index (κ2) is 10.7. The van der Waals surface area contributed by atoms with Gasteiger partial charge in [0.05, 0.1) is 10.8 Å². The summed E-state index contributed by atoms with van der Waals surface area (Å²) >= 11 is 3.11. The van der Waals surface area contributed by atoms with E-state index in [1.807, 2.05) is 66.7 Å². The Morgan fingerprint density at radius 2 is 1.72 bits per heavy atom. The van der Waals surface area contributed by atoms with E-state index in [1.165, 1.54) is 18.7 Å². The van der Waals surface area contributed by atoms with E-state index in [0.717, 1.165) is 32.6 Å². The zero-order valence-electron chi connectivity index (χ0n) is 15.9. The number of benzene rings is 2. The molecule has 148 valence electrons. The number of nitrogens with one attached hydrogen (secondary N) is 2. The summed E-state index contributed by atoms with van der Waals surface area (Å²) in [6.07, 6.45) is 1.78. The van der Waals surface area contributed by atoms with Crippen LogP contribution >= 0.6 is 23.5 Å². The molecule has 1 aromatic heterocycles. The Morgan fingerprint density at radius 1 is 0.897 bits per heavy atom. The first-order valence-corrected chi connectivity index (χ1v) is 11.0. The van der Waals surface area contributed by atoms with Gasteiger partial charge in [-0.05, 0) is 54.1 Å². The lowest BCUT2D eigenvalue weighted by atomic mass is 10.2. The van der Waals surface area contributed by atoms with Gasteiger partial charge < -0.3 is 10.6 Å². The van der Waals surface area contributed by atoms with Gasteiger partial charge in [-0.1, -0.05) is 18.2 Å². The van der Waals surface area contributed by atoms with Crippen molar-refractivity contribution in [1.82, 2.24) is 4.98 Å². The van der Waals surface area contributed by atoms with Crippen LogP contribution in [0.15, 0.2) is 82.8 Å². The van der Waals surface area contributed by atoms with Crippen LogP contribution in [0.25, 0.3) is 0 Å². The Balaban J connectivity index is 1.48. The minimum absolute atomic E-state index is 0.0598. The van der Waals surface area contributed by atoms with Gasteiger partial charge in [0.25, 0.3) is 0 Å². The Morgan fingerprint density at radius 3 is 2.45 bits per heavy atom. The summed E-state index contributed by atoms with van der Waals surface area (Å²) in [4.78, 5) is 28.6. The smallest absolute Gasteiger partial charge is 0.234 e. The van der Waals surface area contributed by atoms with E-state index in [2.05, 4.69) is 15.6 Å². The minimum Gasteiger partial charge on any atom is -0.326 e. The SMILES string of the molecule is CC(=O)Nc1ccc(SCC(=O)Nc2cccc(CSc3ccccn3)c2)cc1. The highest BCUT2D eigenvalue weighted by molar-refractivity contribution is 8.00. The molecule has 0 atom stereocenters. The molecule has 2 aromatic carbocycles. The molecular formula is C22H21N3O2S2. The van der Waals surface area contributed by atoms with Gasteiger partial charge in [0, 0.05) is 35.1 Å². The fraction of sp³-hybridized carbons (Fsp3) is 0.136. The number of carbonyl (C=O) groups is 2. The molecule has 2 amide bonds. The molecular weight excluding hydrogens is 402 g/mol. The molecule has 7 heteroatoms. The maximum absolute atomic E-state index is 12.3. The summed E-state index contributed by atoms with van der Waals surface area (Å²) in [5.41, 5.74) is 2.65. The molecule has 0 aliphatic rings. The van der Waals surface area contributed by atoms with E-state index in [-0.39, 0.29) is 11.8 Å². The molecule has 0 radical (unpaired) electrons. The van der Waals surface area contributed by atoms with Gasteiger partial charge in [-0.2, -0.15) is 0 Å². The zero-order valence-corrected chi connectivity index (χ0v) is 17.6. The number of hydrogen-bond donors (Lipinski definition) is 2. The van der Waals surface area contributed by atoms with Crippen molar-refractivity contribution < 1.29 is 9.59 Å². The lowest BCUT2D eigenvalue weighted by Gasteiger charge is -2.08. The second-order valence-electron chi connectivity index (χ2n) is 6.20. The highest BCUT2D eigenvalue weighted by atomic mass is 32.2. The monoisotopic (exact) mass is 423 g/mol. The van der Waals surface area contributed by atoms with Crippen molar-refractivity contribution in [3.8, 4) is 0 Å². The number of anilines is 2. The van der Waals surface area contributed by atoms with Crippen LogP contribution in [0.2, 0.25) is 0 Å². The Hall–Kier alpha value is -2.77. The van der Waals surface area contributed by atoms with Gasteiger partial charge in [0.2, 0.25) is 11.8 Å². The van der Waals surface area contributed by atoms with Crippen molar-refractivity contribution in [3.05, 3.63) is 78.5 Å².